The van der Waals surface area contributed by atoms with Crippen LogP contribution in [0.15, 0.2) is 24.0 Å². The first-order valence-corrected chi connectivity index (χ1v) is 6.31. The van der Waals surface area contributed by atoms with Crippen molar-refractivity contribution in [2.45, 2.75) is 46.6 Å². The molecule has 1 saturated carbocycles. The van der Waals surface area contributed by atoms with Crippen LogP contribution in [0.3, 0.4) is 0 Å². The van der Waals surface area contributed by atoms with Crippen LogP contribution in [0.2, 0.25) is 0 Å². The molecule has 15 heavy (non-hydrogen) atoms. The van der Waals surface area contributed by atoms with E-state index in [9.17, 15) is 0 Å². The molecule has 0 radical (unpaired) electrons. The number of nitrogens with zero attached hydrogens (tertiary/aromatic N) is 1. The van der Waals surface area contributed by atoms with Gasteiger partial charge in [0.2, 0.25) is 0 Å². The van der Waals surface area contributed by atoms with Gasteiger partial charge in [-0.3, -0.25) is 0 Å². The van der Waals surface area contributed by atoms with Crippen LogP contribution in [0.4, 0.5) is 0 Å². The highest BCUT2D eigenvalue weighted by atomic mass is 15.3. The monoisotopic (exact) mass is 205 g/mol. The first-order chi connectivity index (χ1) is 7.15. The summed E-state index contributed by atoms with van der Waals surface area (Å²) in [6, 6.07) is 0.659. The molecule has 0 aromatic heterocycles. The van der Waals surface area contributed by atoms with Crippen LogP contribution in [-0.2, 0) is 0 Å². The van der Waals surface area contributed by atoms with Gasteiger partial charge in [0.1, 0.15) is 0 Å². The van der Waals surface area contributed by atoms with E-state index in [2.05, 4.69) is 50.9 Å². The third-order valence-corrected chi connectivity index (χ3v) is 3.78. The van der Waals surface area contributed by atoms with Crippen molar-refractivity contribution in [3.8, 4) is 0 Å². The predicted octanol–water partition coefficient (Wildman–Crippen LogP) is 3.79. The van der Waals surface area contributed by atoms with Crippen LogP contribution >= 0.6 is 0 Å². The standard InChI is InChI=1S/C14H23N/c1-5-6-7-12-11(4)8-13(12)14-9-15(14)10(2)3/h6-7,9-13H,5,8H2,1-4H3/b7-6-. The van der Waals surface area contributed by atoms with E-state index in [4.69, 9.17) is 0 Å². The summed E-state index contributed by atoms with van der Waals surface area (Å²) >= 11 is 0. The zero-order valence-electron chi connectivity index (χ0n) is 10.4. The Bertz CT molecular complexity index is 288. The molecule has 1 nitrogen and oxygen atoms in total. The molecule has 0 spiro atoms. The molecule has 2 rings (SSSR count). The molecule has 3 unspecified atom stereocenters. The third kappa shape index (κ3) is 1.97. The van der Waals surface area contributed by atoms with Gasteiger partial charge in [-0.05, 0) is 38.5 Å². The minimum absolute atomic E-state index is 0.659. The Kier molecular flexibility index (Phi) is 2.90. The number of rotatable bonds is 4. The lowest BCUT2D eigenvalue weighted by atomic mass is 9.65. The van der Waals surface area contributed by atoms with Gasteiger partial charge in [0.25, 0.3) is 0 Å². The Hall–Kier alpha value is -0.720. The van der Waals surface area contributed by atoms with Crippen molar-refractivity contribution in [2.24, 2.45) is 17.8 Å². The molecule has 0 aromatic rings. The maximum absolute atomic E-state index is 2.44. The van der Waals surface area contributed by atoms with Gasteiger partial charge >= 0.3 is 0 Å². The molecule has 1 heterocycles. The van der Waals surface area contributed by atoms with Gasteiger partial charge < -0.3 is 4.90 Å². The molecule has 2 aliphatic rings. The largest absolute Gasteiger partial charge is 0.346 e. The summed E-state index contributed by atoms with van der Waals surface area (Å²) in [7, 11) is 0. The molecule has 0 bridgehead atoms. The summed E-state index contributed by atoms with van der Waals surface area (Å²) in [5.41, 5.74) is 1.61. The van der Waals surface area contributed by atoms with Crippen LogP contribution in [0, 0.1) is 17.8 Å². The second-order valence-corrected chi connectivity index (χ2v) is 5.29. The summed E-state index contributed by atoms with van der Waals surface area (Å²) < 4.78 is 0. The van der Waals surface area contributed by atoms with Crippen molar-refractivity contribution in [1.82, 2.24) is 4.90 Å². The first-order valence-electron chi connectivity index (χ1n) is 6.31. The molecule has 0 N–H and O–H groups in total. The van der Waals surface area contributed by atoms with E-state index in [1.54, 1.807) is 5.70 Å². The summed E-state index contributed by atoms with van der Waals surface area (Å²) in [6.45, 7) is 9.13. The predicted molar refractivity (Wildman–Crippen MR) is 65.3 cm³/mol. The van der Waals surface area contributed by atoms with Gasteiger partial charge in [0.15, 0.2) is 0 Å². The normalized spacial score (nSPS) is 34.6. The Balaban J connectivity index is 1.90. The van der Waals surface area contributed by atoms with Gasteiger partial charge in [-0.25, -0.2) is 0 Å². The van der Waals surface area contributed by atoms with E-state index < -0.39 is 0 Å². The smallest absolute Gasteiger partial charge is 0.0378 e. The van der Waals surface area contributed by atoms with E-state index in [-0.39, 0.29) is 0 Å². The summed E-state index contributed by atoms with van der Waals surface area (Å²) in [4.78, 5) is 2.43. The fourth-order valence-corrected chi connectivity index (χ4v) is 2.70. The minimum atomic E-state index is 0.659. The van der Waals surface area contributed by atoms with Gasteiger partial charge in [-0.15, -0.1) is 0 Å². The molecule has 1 aliphatic carbocycles. The molecule has 84 valence electrons. The summed E-state index contributed by atoms with van der Waals surface area (Å²) in [5, 5.41) is 0. The second-order valence-electron chi connectivity index (χ2n) is 5.29. The van der Waals surface area contributed by atoms with Crippen molar-refractivity contribution in [1.29, 1.82) is 0 Å². The minimum Gasteiger partial charge on any atom is -0.346 e. The molecular formula is C14H23N. The molecule has 0 amide bonds. The van der Waals surface area contributed by atoms with Crippen molar-refractivity contribution in [3.63, 3.8) is 0 Å². The Morgan fingerprint density at radius 1 is 1.53 bits per heavy atom. The zero-order valence-corrected chi connectivity index (χ0v) is 10.4. The molecule has 1 fully saturated rings. The van der Waals surface area contributed by atoms with E-state index >= 15 is 0 Å². The summed E-state index contributed by atoms with van der Waals surface area (Å²) in [6.07, 6.45) is 9.66. The zero-order chi connectivity index (χ0) is 11.0. The van der Waals surface area contributed by atoms with E-state index in [0.29, 0.717) is 6.04 Å². The Morgan fingerprint density at radius 3 is 2.73 bits per heavy atom. The van der Waals surface area contributed by atoms with E-state index in [1.165, 1.54) is 12.8 Å². The van der Waals surface area contributed by atoms with Crippen LogP contribution in [0.1, 0.15) is 40.5 Å². The third-order valence-electron chi connectivity index (χ3n) is 3.78. The highest BCUT2D eigenvalue weighted by Gasteiger charge is 2.44. The van der Waals surface area contributed by atoms with Gasteiger partial charge in [0, 0.05) is 23.9 Å². The lowest BCUT2D eigenvalue weighted by molar-refractivity contribution is 0.152. The van der Waals surface area contributed by atoms with Crippen molar-refractivity contribution in [3.05, 3.63) is 24.0 Å². The Labute approximate surface area is 93.9 Å². The van der Waals surface area contributed by atoms with Crippen molar-refractivity contribution < 1.29 is 0 Å². The number of hydrogen-bond acceptors (Lipinski definition) is 1. The number of allylic oxidation sites excluding steroid dienone is 3. The summed E-state index contributed by atoms with van der Waals surface area (Å²) in [5.74, 6) is 2.51. The van der Waals surface area contributed by atoms with Gasteiger partial charge in [0.05, 0.1) is 0 Å². The molecule has 3 atom stereocenters. The first kappa shape index (κ1) is 10.8. The van der Waals surface area contributed by atoms with E-state index in [1.807, 2.05) is 0 Å². The molecule has 1 aliphatic heterocycles. The number of hydrogen-bond donors (Lipinski definition) is 0. The second kappa shape index (κ2) is 4.03. The highest BCUT2D eigenvalue weighted by molar-refractivity contribution is 5.28. The van der Waals surface area contributed by atoms with Crippen molar-refractivity contribution in [2.75, 3.05) is 0 Å². The fourth-order valence-electron chi connectivity index (χ4n) is 2.70. The average Bonchev–Trinajstić information content (AvgIpc) is 2.94. The van der Waals surface area contributed by atoms with Crippen LogP contribution in [-0.4, -0.2) is 10.9 Å². The molecule has 0 saturated heterocycles. The van der Waals surface area contributed by atoms with Crippen LogP contribution in [0.5, 0.6) is 0 Å². The van der Waals surface area contributed by atoms with Gasteiger partial charge in [-0.1, -0.05) is 26.0 Å². The molecular weight excluding hydrogens is 182 g/mol. The topological polar surface area (TPSA) is 3.01 Å². The molecule has 0 aromatic carbocycles. The quantitative estimate of drug-likeness (QED) is 0.631. The highest BCUT2D eigenvalue weighted by Crippen LogP contribution is 2.50. The van der Waals surface area contributed by atoms with Crippen molar-refractivity contribution >= 4 is 0 Å². The van der Waals surface area contributed by atoms with Gasteiger partial charge in [-0.2, -0.15) is 0 Å². The molecule has 1 heteroatoms. The fraction of sp³-hybridized carbons (Fsp3) is 0.714. The van der Waals surface area contributed by atoms with Crippen LogP contribution < -0.4 is 0 Å². The van der Waals surface area contributed by atoms with Crippen LogP contribution in [0.25, 0.3) is 0 Å². The van der Waals surface area contributed by atoms with E-state index in [0.717, 1.165) is 17.8 Å². The SMILES string of the molecule is CC/C=C\C1C(C)CC1C1=CN1C(C)C. The average molecular weight is 205 g/mol. The Morgan fingerprint density at radius 2 is 2.27 bits per heavy atom. The lowest BCUT2D eigenvalue weighted by Crippen LogP contribution is -2.35. The maximum Gasteiger partial charge on any atom is 0.0378 e. The lowest BCUT2D eigenvalue weighted by Gasteiger charge is -2.41. The maximum atomic E-state index is 2.44.